The number of H-pyrrole nitrogens is 1. The maximum Gasteiger partial charge on any atom is 0.445 e. The van der Waals surface area contributed by atoms with Crippen molar-refractivity contribution in [3.05, 3.63) is 20.7 Å². The van der Waals surface area contributed by atoms with Gasteiger partial charge in [-0.25, -0.2) is 4.98 Å². The molecule has 3 rings (SSSR count). The minimum absolute atomic E-state index is 0.0430. The van der Waals surface area contributed by atoms with Gasteiger partial charge in [-0.2, -0.15) is 18.3 Å². The summed E-state index contributed by atoms with van der Waals surface area (Å²) in [5.74, 6) is 0. The molecule has 20 heavy (non-hydrogen) atoms. The van der Waals surface area contributed by atoms with E-state index in [1.54, 1.807) is 0 Å². The average Bonchev–Trinajstić information content (AvgIpc) is 2.92. The molecule has 0 aromatic carbocycles. The first-order valence-corrected chi connectivity index (χ1v) is 6.96. The van der Waals surface area contributed by atoms with E-state index in [9.17, 15) is 13.2 Å². The van der Waals surface area contributed by atoms with Gasteiger partial charge >= 0.3 is 6.18 Å². The largest absolute Gasteiger partial charge is 0.445 e. The number of nitrogens with zero attached hydrogens (tertiary/aromatic N) is 4. The fourth-order valence-electron chi connectivity index (χ4n) is 1.51. The van der Waals surface area contributed by atoms with E-state index < -0.39 is 11.2 Å². The Morgan fingerprint density at radius 3 is 2.65 bits per heavy atom. The second kappa shape index (κ2) is 4.64. The summed E-state index contributed by atoms with van der Waals surface area (Å²) >= 11 is 9.48. The second-order valence-corrected chi connectivity index (χ2v) is 5.85. The molecule has 0 aliphatic carbocycles. The van der Waals surface area contributed by atoms with Gasteiger partial charge in [0.1, 0.15) is 21.9 Å². The van der Waals surface area contributed by atoms with E-state index in [0.717, 1.165) is 0 Å². The predicted octanol–water partition coefficient (Wildman–Crippen LogP) is 3.91. The smallest absolute Gasteiger partial charge is 0.272 e. The Balaban J connectivity index is 2.18. The number of halogens is 5. The normalized spacial score (nSPS) is 12.2. The van der Waals surface area contributed by atoms with Crippen LogP contribution in [0.1, 0.15) is 5.01 Å². The summed E-state index contributed by atoms with van der Waals surface area (Å²) in [7, 11) is 0. The van der Waals surface area contributed by atoms with E-state index in [-0.39, 0.29) is 15.9 Å². The number of aromatic amines is 1. The summed E-state index contributed by atoms with van der Waals surface area (Å²) < 4.78 is 38.1. The van der Waals surface area contributed by atoms with Crippen LogP contribution < -0.4 is 0 Å². The quantitative estimate of drug-likeness (QED) is 0.646. The fraction of sp³-hybridized carbons (Fsp3) is 0.111. The van der Waals surface area contributed by atoms with Crippen LogP contribution >= 0.6 is 38.9 Å². The Bertz CT molecular complexity index is 799. The van der Waals surface area contributed by atoms with E-state index in [2.05, 4.69) is 41.3 Å². The summed E-state index contributed by atoms with van der Waals surface area (Å²) in [4.78, 5) is 4.04. The van der Waals surface area contributed by atoms with Gasteiger partial charge in [0.15, 0.2) is 5.01 Å². The van der Waals surface area contributed by atoms with Crippen molar-refractivity contribution in [3.8, 4) is 10.7 Å². The maximum absolute atomic E-state index is 12.5. The molecule has 3 aromatic rings. The maximum atomic E-state index is 12.5. The van der Waals surface area contributed by atoms with Crippen LogP contribution in [-0.2, 0) is 6.18 Å². The molecule has 3 heterocycles. The lowest BCUT2D eigenvalue weighted by Gasteiger charge is -1.97. The molecule has 11 heteroatoms. The van der Waals surface area contributed by atoms with Gasteiger partial charge in [-0.3, -0.25) is 5.10 Å². The van der Waals surface area contributed by atoms with Gasteiger partial charge in [0, 0.05) is 0 Å². The zero-order valence-corrected chi connectivity index (χ0v) is 12.3. The van der Waals surface area contributed by atoms with E-state index >= 15 is 0 Å². The summed E-state index contributed by atoms with van der Waals surface area (Å²) in [5.41, 5.74) is 1.03. The highest BCUT2D eigenvalue weighted by molar-refractivity contribution is 9.10. The molecular weight excluding hydrogens is 383 g/mol. The van der Waals surface area contributed by atoms with Crippen molar-refractivity contribution >= 4 is 49.9 Å². The molecule has 104 valence electrons. The first-order valence-electron chi connectivity index (χ1n) is 4.97. The third kappa shape index (κ3) is 2.27. The fourth-order valence-corrected chi connectivity index (χ4v) is 3.04. The number of hydrogen-bond acceptors (Lipinski definition) is 5. The highest BCUT2D eigenvalue weighted by atomic mass is 79.9. The molecule has 0 aliphatic heterocycles. The van der Waals surface area contributed by atoms with Gasteiger partial charge < -0.3 is 0 Å². The topological polar surface area (TPSA) is 67.3 Å². The van der Waals surface area contributed by atoms with E-state index in [1.165, 1.54) is 6.07 Å². The second-order valence-electron chi connectivity index (χ2n) is 3.63. The molecule has 1 N–H and O–H groups in total. The highest BCUT2D eigenvalue weighted by Gasteiger charge is 2.36. The molecule has 0 amide bonds. The Kier molecular flexibility index (Phi) is 3.18. The van der Waals surface area contributed by atoms with Crippen molar-refractivity contribution in [1.82, 2.24) is 25.4 Å². The van der Waals surface area contributed by atoms with Crippen molar-refractivity contribution in [3.63, 3.8) is 0 Å². The first-order chi connectivity index (χ1) is 9.36. The molecule has 0 saturated heterocycles. The number of alkyl halides is 3. The summed E-state index contributed by atoms with van der Waals surface area (Å²) in [6.45, 7) is 0. The SMILES string of the molecule is FC(F)(F)c1nnc(-c2[nH]nc3c(Br)cc(Cl)nc23)s1. The molecule has 0 aliphatic rings. The standard InChI is InChI=1S/C9H2BrClF3N5S/c10-2-1-3(11)15-5-4(2)16-17-6(5)7-18-19-8(20-7)9(12,13)14/h1H,(H,16,17). The van der Waals surface area contributed by atoms with E-state index in [1.807, 2.05) is 0 Å². The lowest BCUT2D eigenvalue weighted by Crippen LogP contribution is -2.03. The average molecular weight is 385 g/mol. The minimum Gasteiger partial charge on any atom is -0.272 e. The van der Waals surface area contributed by atoms with Crippen molar-refractivity contribution < 1.29 is 13.2 Å². The molecule has 5 nitrogen and oxygen atoms in total. The number of fused-ring (bicyclic) bond motifs is 1. The van der Waals surface area contributed by atoms with Crippen LogP contribution in [0.3, 0.4) is 0 Å². The molecule has 0 saturated carbocycles. The van der Waals surface area contributed by atoms with Gasteiger partial charge in [0.2, 0.25) is 5.01 Å². The van der Waals surface area contributed by atoms with Crippen molar-refractivity contribution in [2.24, 2.45) is 0 Å². The first kappa shape index (κ1) is 13.7. The highest BCUT2D eigenvalue weighted by Crippen LogP contribution is 2.37. The van der Waals surface area contributed by atoms with Crippen LogP contribution in [0.4, 0.5) is 13.2 Å². The predicted molar refractivity (Wildman–Crippen MR) is 70.5 cm³/mol. The van der Waals surface area contributed by atoms with Gasteiger partial charge in [-0.15, -0.1) is 10.2 Å². The zero-order valence-electron chi connectivity index (χ0n) is 9.16. The molecule has 3 aromatic heterocycles. The Labute approximate surface area is 126 Å². The van der Waals surface area contributed by atoms with Gasteiger partial charge in [-0.05, 0) is 22.0 Å². The summed E-state index contributed by atoms with van der Waals surface area (Å²) in [6.07, 6.45) is -4.53. The van der Waals surface area contributed by atoms with Crippen LogP contribution in [-0.4, -0.2) is 25.4 Å². The number of rotatable bonds is 1. The zero-order chi connectivity index (χ0) is 14.5. The monoisotopic (exact) mass is 383 g/mol. The van der Waals surface area contributed by atoms with Crippen LogP contribution in [0, 0.1) is 0 Å². The van der Waals surface area contributed by atoms with Crippen LogP contribution in [0.2, 0.25) is 5.15 Å². The van der Waals surface area contributed by atoms with Gasteiger partial charge in [0.25, 0.3) is 0 Å². The lowest BCUT2D eigenvalue weighted by molar-refractivity contribution is -0.138. The summed E-state index contributed by atoms with van der Waals surface area (Å²) in [6, 6.07) is 1.54. The van der Waals surface area contributed by atoms with Gasteiger partial charge in [-0.1, -0.05) is 22.9 Å². The molecular formula is C9H2BrClF3N5S. The van der Waals surface area contributed by atoms with E-state index in [0.29, 0.717) is 26.8 Å². The molecule has 0 fully saturated rings. The number of hydrogen-bond donors (Lipinski definition) is 1. The van der Waals surface area contributed by atoms with Gasteiger partial charge in [0.05, 0.1) is 4.47 Å². The van der Waals surface area contributed by atoms with E-state index in [4.69, 9.17) is 11.6 Å². The van der Waals surface area contributed by atoms with Crippen molar-refractivity contribution in [2.45, 2.75) is 6.18 Å². The van der Waals surface area contributed by atoms with Crippen LogP contribution in [0.25, 0.3) is 21.7 Å². The number of pyridine rings is 1. The number of aromatic nitrogens is 5. The molecule has 0 atom stereocenters. The minimum atomic E-state index is -4.53. The Morgan fingerprint density at radius 2 is 2.00 bits per heavy atom. The van der Waals surface area contributed by atoms with Crippen LogP contribution in [0.5, 0.6) is 0 Å². The summed E-state index contributed by atoms with van der Waals surface area (Å²) in [5, 5.41) is 12.4. The number of nitrogens with one attached hydrogen (secondary N) is 1. The third-order valence-corrected chi connectivity index (χ3v) is 4.10. The third-order valence-electron chi connectivity index (χ3n) is 2.31. The molecule has 0 bridgehead atoms. The van der Waals surface area contributed by atoms with Crippen LogP contribution in [0.15, 0.2) is 10.5 Å². The van der Waals surface area contributed by atoms with Crippen molar-refractivity contribution in [1.29, 1.82) is 0 Å². The Hall–Kier alpha value is -1.26. The molecule has 0 unspecified atom stereocenters. The lowest BCUT2D eigenvalue weighted by atomic mass is 10.3. The Morgan fingerprint density at radius 1 is 1.25 bits per heavy atom. The molecule has 0 spiro atoms. The molecule has 0 radical (unpaired) electrons. The van der Waals surface area contributed by atoms with Crippen molar-refractivity contribution in [2.75, 3.05) is 0 Å².